The summed E-state index contributed by atoms with van der Waals surface area (Å²) < 4.78 is 7.64. The first-order chi connectivity index (χ1) is 7.25. The molecule has 0 radical (unpaired) electrons. The predicted molar refractivity (Wildman–Crippen MR) is 66.3 cm³/mol. The van der Waals surface area contributed by atoms with Gasteiger partial charge in [0.2, 0.25) is 0 Å². The predicted octanol–water partition coefficient (Wildman–Crippen LogP) is 3.31. The van der Waals surface area contributed by atoms with Crippen molar-refractivity contribution in [1.82, 2.24) is 14.5 Å². The molecule has 0 saturated carbocycles. The van der Waals surface area contributed by atoms with E-state index in [2.05, 4.69) is 32.7 Å². The van der Waals surface area contributed by atoms with Gasteiger partial charge in [0.1, 0.15) is 11.4 Å². The number of halogens is 2. The standard InChI is InChI=1S/C8H3ClIN3OS/c9-7-6(4-3-5(10)14-12-4)13-1-2-15-8(13)11-7/h1-3H. The summed E-state index contributed by atoms with van der Waals surface area (Å²) in [5, 5.41) is 6.33. The average Bonchev–Trinajstić information content (AvgIpc) is 2.81. The number of nitrogens with zero attached hydrogens (tertiary/aromatic N) is 3. The highest BCUT2D eigenvalue weighted by atomic mass is 127. The Kier molecular flexibility index (Phi) is 2.22. The van der Waals surface area contributed by atoms with E-state index in [0.29, 0.717) is 10.8 Å². The van der Waals surface area contributed by atoms with Gasteiger partial charge in [-0.15, -0.1) is 11.3 Å². The van der Waals surface area contributed by atoms with E-state index in [4.69, 9.17) is 16.1 Å². The van der Waals surface area contributed by atoms with Crippen molar-refractivity contribution in [2.45, 2.75) is 0 Å². The number of rotatable bonds is 1. The van der Waals surface area contributed by atoms with E-state index in [1.54, 1.807) is 0 Å². The maximum Gasteiger partial charge on any atom is 0.197 e. The first-order valence-electron chi connectivity index (χ1n) is 3.99. The van der Waals surface area contributed by atoms with Gasteiger partial charge in [-0.25, -0.2) is 4.98 Å². The van der Waals surface area contributed by atoms with Gasteiger partial charge in [-0.3, -0.25) is 4.40 Å². The van der Waals surface area contributed by atoms with Gasteiger partial charge in [-0.1, -0.05) is 16.8 Å². The largest absolute Gasteiger partial charge is 0.350 e. The van der Waals surface area contributed by atoms with Crippen molar-refractivity contribution < 1.29 is 4.52 Å². The zero-order chi connectivity index (χ0) is 10.4. The Balaban J connectivity index is 2.33. The molecule has 0 fully saturated rings. The van der Waals surface area contributed by atoms with Gasteiger partial charge in [-0.2, -0.15) is 0 Å². The van der Waals surface area contributed by atoms with Crippen LogP contribution in [0.1, 0.15) is 0 Å². The highest BCUT2D eigenvalue weighted by Crippen LogP contribution is 2.30. The minimum absolute atomic E-state index is 0.451. The minimum atomic E-state index is 0.451. The van der Waals surface area contributed by atoms with E-state index < -0.39 is 0 Å². The monoisotopic (exact) mass is 351 g/mol. The molecule has 15 heavy (non-hydrogen) atoms. The molecular weight excluding hydrogens is 349 g/mol. The SMILES string of the molecule is Clc1nc2sccn2c1-c1cc(I)on1. The molecule has 0 N–H and O–H groups in total. The zero-order valence-corrected chi connectivity index (χ0v) is 10.9. The number of fused-ring (bicyclic) bond motifs is 1. The van der Waals surface area contributed by atoms with Crippen molar-refractivity contribution in [1.29, 1.82) is 0 Å². The number of thiazole rings is 1. The third-order valence-corrected chi connectivity index (χ3v) is 3.47. The molecule has 0 unspecified atom stereocenters. The van der Waals surface area contributed by atoms with Crippen molar-refractivity contribution in [2.75, 3.05) is 0 Å². The number of hydrogen-bond acceptors (Lipinski definition) is 4. The fourth-order valence-electron chi connectivity index (χ4n) is 1.35. The van der Waals surface area contributed by atoms with Crippen LogP contribution in [0.2, 0.25) is 5.15 Å². The van der Waals surface area contributed by atoms with Gasteiger partial charge < -0.3 is 4.52 Å². The van der Waals surface area contributed by atoms with Crippen LogP contribution in [-0.2, 0) is 0 Å². The van der Waals surface area contributed by atoms with Crippen LogP contribution in [0.3, 0.4) is 0 Å². The van der Waals surface area contributed by atoms with Gasteiger partial charge in [0.25, 0.3) is 0 Å². The van der Waals surface area contributed by atoms with Crippen LogP contribution in [0.25, 0.3) is 16.3 Å². The lowest BCUT2D eigenvalue weighted by Crippen LogP contribution is -1.83. The Hall–Kier alpha value is -0.600. The summed E-state index contributed by atoms with van der Waals surface area (Å²) in [5.41, 5.74) is 1.48. The minimum Gasteiger partial charge on any atom is -0.350 e. The highest BCUT2D eigenvalue weighted by Gasteiger charge is 2.16. The zero-order valence-electron chi connectivity index (χ0n) is 7.15. The Morgan fingerprint density at radius 2 is 2.40 bits per heavy atom. The number of aromatic nitrogens is 3. The Morgan fingerprint density at radius 3 is 3.13 bits per heavy atom. The molecule has 3 heterocycles. The van der Waals surface area contributed by atoms with Crippen LogP contribution < -0.4 is 0 Å². The number of hydrogen-bond donors (Lipinski definition) is 0. The molecule has 3 rings (SSSR count). The molecular formula is C8H3ClIN3OS. The second-order valence-corrected chi connectivity index (χ2v) is 5.12. The van der Waals surface area contributed by atoms with Crippen molar-refractivity contribution >= 4 is 50.5 Å². The molecule has 0 bridgehead atoms. The molecule has 0 atom stereocenters. The second-order valence-electron chi connectivity index (χ2n) is 2.82. The topological polar surface area (TPSA) is 43.3 Å². The molecule has 0 aromatic carbocycles. The van der Waals surface area contributed by atoms with E-state index in [0.717, 1.165) is 14.4 Å². The summed E-state index contributed by atoms with van der Waals surface area (Å²) in [5.74, 6) is 0. The molecule has 3 aromatic heterocycles. The molecule has 76 valence electrons. The van der Waals surface area contributed by atoms with Crippen molar-refractivity contribution in [3.05, 3.63) is 26.6 Å². The lowest BCUT2D eigenvalue weighted by Gasteiger charge is -1.91. The maximum atomic E-state index is 6.04. The third kappa shape index (κ3) is 1.47. The summed E-state index contributed by atoms with van der Waals surface area (Å²) in [6.45, 7) is 0. The molecule has 0 saturated heterocycles. The van der Waals surface area contributed by atoms with Crippen LogP contribution in [0.5, 0.6) is 0 Å². The van der Waals surface area contributed by atoms with E-state index in [-0.39, 0.29) is 0 Å². The van der Waals surface area contributed by atoms with Crippen LogP contribution in [0, 0.1) is 3.77 Å². The fourth-order valence-corrected chi connectivity index (χ4v) is 2.78. The maximum absolute atomic E-state index is 6.04. The Morgan fingerprint density at radius 1 is 1.53 bits per heavy atom. The average molecular weight is 352 g/mol. The Bertz CT molecular complexity index is 629. The molecule has 0 aliphatic rings. The van der Waals surface area contributed by atoms with Crippen LogP contribution in [0.15, 0.2) is 22.2 Å². The van der Waals surface area contributed by atoms with Gasteiger partial charge in [-0.05, 0) is 0 Å². The van der Waals surface area contributed by atoms with Crippen molar-refractivity contribution in [3.63, 3.8) is 0 Å². The Labute approximate surface area is 107 Å². The summed E-state index contributed by atoms with van der Waals surface area (Å²) in [6, 6.07) is 1.83. The summed E-state index contributed by atoms with van der Waals surface area (Å²) in [7, 11) is 0. The molecule has 0 spiro atoms. The normalized spacial score (nSPS) is 11.3. The van der Waals surface area contributed by atoms with Crippen LogP contribution in [-0.4, -0.2) is 14.5 Å². The van der Waals surface area contributed by atoms with Gasteiger partial charge in [0.05, 0.1) is 0 Å². The fraction of sp³-hybridized carbons (Fsp3) is 0. The van der Waals surface area contributed by atoms with Gasteiger partial charge in [0.15, 0.2) is 13.9 Å². The lowest BCUT2D eigenvalue weighted by molar-refractivity contribution is 0.400. The van der Waals surface area contributed by atoms with Gasteiger partial charge in [0, 0.05) is 40.2 Å². The van der Waals surface area contributed by atoms with Crippen molar-refractivity contribution in [2.24, 2.45) is 0 Å². The van der Waals surface area contributed by atoms with Crippen molar-refractivity contribution in [3.8, 4) is 11.4 Å². The van der Waals surface area contributed by atoms with Crippen LogP contribution >= 0.6 is 45.5 Å². The number of imidazole rings is 1. The van der Waals surface area contributed by atoms with E-state index in [1.165, 1.54) is 11.3 Å². The first kappa shape index (κ1) is 9.61. The summed E-state index contributed by atoms with van der Waals surface area (Å²) >= 11 is 9.63. The first-order valence-corrected chi connectivity index (χ1v) is 6.33. The smallest absolute Gasteiger partial charge is 0.197 e. The molecule has 0 amide bonds. The van der Waals surface area contributed by atoms with Crippen LogP contribution in [0.4, 0.5) is 0 Å². The quantitative estimate of drug-likeness (QED) is 0.632. The lowest BCUT2D eigenvalue weighted by atomic mass is 10.3. The second kappa shape index (κ2) is 3.46. The molecule has 3 aromatic rings. The molecule has 0 aliphatic carbocycles. The summed E-state index contributed by atoms with van der Waals surface area (Å²) in [4.78, 5) is 5.08. The highest BCUT2D eigenvalue weighted by molar-refractivity contribution is 14.1. The van der Waals surface area contributed by atoms with E-state index in [1.807, 2.05) is 22.0 Å². The third-order valence-electron chi connectivity index (χ3n) is 1.94. The molecule has 0 aliphatic heterocycles. The molecule has 7 heteroatoms. The van der Waals surface area contributed by atoms with E-state index >= 15 is 0 Å². The molecule has 4 nitrogen and oxygen atoms in total. The summed E-state index contributed by atoms with van der Waals surface area (Å²) in [6.07, 6.45) is 1.91. The van der Waals surface area contributed by atoms with Gasteiger partial charge >= 0.3 is 0 Å². The van der Waals surface area contributed by atoms with E-state index in [9.17, 15) is 0 Å².